The van der Waals surface area contributed by atoms with Crippen LogP contribution in [0.3, 0.4) is 0 Å². The molecule has 27 heavy (non-hydrogen) atoms. The summed E-state index contributed by atoms with van der Waals surface area (Å²) >= 11 is 0. The number of aromatic nitrogens is 2. The molecule has 1 atom stereocenters. The molecule has 1 saturated carbocycles. The summed E-state index contributed by atoms with van der Waals surface area (Å²) in [6, 6.07) is -1.42. The predicted molar refractivity (Wildman–Crippen MR) is 83.5 cm³/mol. The lowest BCUT2D eigenvalue weighted by atomic mass is 10.1. The molecule has 0 spiro atoms. The highest BCUT2D eigenvalue weighted by Crippen LogP contribution is 2.33. The first-order valence-electron chi connectivity index (χ1n) is 8.18. The Balaban J connectivity index is 0.000000789. The highest BCUT2D eigenvalue weighted by atomic mass is 19.4. The van der Waals surface area contributed by atoms with E-state index in [2.05, 4.69) is 10.2 Å². The van der Waals surface area contributed by atoms with E-state index >= 15 is 0 Å². The summed E-state index contributed by atoms with van der Waals surface area (Å²) < 4.78 is 64.6. The van der Waals surface area contributed by atoms with Gasteiger partial charge in [-0.15, -0.1) is 0 Å². The number of nitrogens with one attached hydrogen (secondary N) is 2. The summed E-state index contributed by atoms with van der Waals surface area (Å²) in [7, 11) is 0. The number of amides is 1. The Morgan fingerprint density at radius 2 is 2.00 bits per heavy atom. The number of halogens is 5. The van der Waals surface area contributed by atoms with E-state index in [1.165, 1.54) is 24.6 Å². The van der Waals surface area contributed by atoms with E-state index in [1.807, 2.05) is 0 Å². The second-order valence-electron chi connectivity index (χ2n) is 6.36. The zero-order valence-corrected chi connectivity index (χ0v) is 14.1. The topological polar surface area (TPSA) is 104 Å². The molecule has 0 bridgehead atoms. The van der Waals surface area contributed by atoms with E-state index in [4.69, 9.17) is 0 Å². The van der Waals surface area contributed by atoms with Crippen LogP contribution in [-0.4, -0.2) is 52.3 Å². The number of hydrogen-bond acceptors (Lipinski definition) is 5. The highest BCUT2D eigenvalue weighted by Gasteiger charge is 2.44. The van der Waals surface area contributed by atoms with Crippen molar-refractivity contribution in [3.8, 4) is 0 Å². The van der Waals surface area contributed by atoms with Crippen LogP contribution >= 0.6 is 0 Å². The number of aromatic amines is 1. The number of alkyl halides is 5. The van der Waals surface area contributed by atoms with Crippen molar-refractivity contribution in [3.05, 3.63) is 16.3 Å². The fourth-order valence-corrected chi connectivity index (χ4v) is 2.42. The summed E-state index contributed by atoms with van der Waals surface area (Å²) in [6.45, 7) is -1.17. The van der Waals surface area contributed by atoms with Gasteiger partial charge in [-0.3, -0.25) is 20.0 Å². The van der Waals surface area contributed by atoms with Crippen molar-refractivity contribution in [1.29, 1.82) is 0 Å². The molecule has 1 amide bonds. The Labute approximate surface area is 150 Å². The fourth-order valence-electron chi connectivity index (χ4n) is 2.42. The van der Waals surface area contributed by atoms with E-state index in [-0.39, 0.29) is 18.8 Å². The van der Waals surface area contributed by atoms with Gasteiger partial charge in [0.15, 0.2) is 0 Å². The molecule has 2 aliphatic rings. The number of carbonyl (C=O) groups is 1. The number of anilines is 1. The van der Waals surface area contributed by atoms with Crippen LogP contribution in [0.2, 0.25) is 0 Å². The van der Waals surface area contributed by atoms with E-state index in [0.717, 1.165) is 11.1 Å². The van der Waals surface area contributed by atoms with Gasteiger partial charge < -0.3 is 10.2 Å². The molecule has 8 nitrogen and oxygen atoms in total. The molecule has 2 heterocycles. The van der Waals surface area contributed by atoms with Crippen molar-refractivity contribution < 1.29 is 31.7 Å². The lowest BCUT2D eigenvalue weighted by molar-refractivity contribution is -0.384. The van der Waals surface area contributed by atoms with Crippen molar-refractivity contribution in [1.82, 2.24) is 15.5 Å². The van der Waals surface area contributed by atoms with Crippen LogP contribution in [-0.2, 0) is 4.79 Å². The minimum absolute atomic E-state index is 0.221. The number of hydrogen-bond donors (Lipinski definition) is 2. The molecule has 13 heteroatoms. The molecule has 2 N–H and O–H groups in total. The average Bonchev–Trinajstić information content (AvgIpc) is 3.35. The smallest absolute Gasteiger partial charge is 0.345 e. The van der Waals surface area contributed by atoms with Crippen LogP contribution in [0.5, 0.6) is 0 Å². The molecule has 0 radical (unpaired) electrons. The second kappa shape index (κ2) is 8.05. The number of carbonyl (C=O) groups excluding carboxylic acids is 1. The van der Waals surface area contributed by atoms with E-state index in [9.17, 15) is 36.9 Å². The van der Waals surface area contributed by atoms with Gasteiger partial charge in [0.05, 0.1) is 11.5 Å². The molecule has 1 unspecified atom stereocenters. The molecule has 1 aromatic rings. The van der Waals surface area contributed by atoms with Gasteiger partial charge in [-0.05, 0) is 6.42 Å². The van der Waals surface area contributed by atoms with Crippen LogP contribution < -0.4 is 10.2 Å². The van der Waals surface area contributed by atoms with Gasteiger partial charge in [0.1, 0.15) is 6.20 Å². The second-order valence-corrected chi connectivity index (χ2v) is 6.36. The van der Waals surface area contributed by atoms with Crippen molar-refractivity contribution in [2.45, 2.75) is 50.2 Å². The third kappa shape index (κ3) is 6.32. The molecule has 1 aliphatic heterocycles. The maximum absolute atomic E-state index is 14.0. The van der Waals surface area contributed by atoms with Crippen LogP contribution in [0.25, 0.3) is 0 Å². The Kier molecular flexibility index (Phi) is 6.21. The zero-order chi connectivity index (χ0) is 20.2. The molecule has 1 aromatic heterocycles. The first-order chi connectivity index (χ1) is 12.5. The maximum Gasteiger partial charge on any atom is 0.471 e. The lowest BCUT2D eigenvalue weighted by Gasteiger charge is -2.23. The van der Waals surface area contributed by atoms with Crippen LogP contribution in [0, 0.1) is 10.1 Å². The fraction of sp³-hybridized carbons (Fsp3) is 0.714. The largest absolute Gasteiger partial charge is 0.471 e. The van der Waals surface area contributed by atoms with E-state index in [0.29, 0.717) is 0 Å². The van der Waals surface area contributed by atoms with Crippen LogP contribution in [0.4, 0.5) is 33.5 Å². The summed E-state index contributed by atoms with van der Waals surface area (Å²) in [5.41, 5.74) is -0.524. The number of nitro groups is 1. The molecule has 1 aliphatic carbocycles. The van der Waals surface area contributed by atoms with Crippen molar-refractivity contribution >= 4 is 17.4 Å². The standard InChI is InChI=1S/C11H12F5N5O3.C3H6/c12-10(13)3-6(18-9(22)11(14,15)16)1-2-20(5-10)8-7(21(23)24)4-17-19-8;1-2-3-1/h4,6H,1-3,5H2,(H,17,19)(H,18,22);1-3H2. The normalized spacial score (nSPS) is 21.5. The number of H-pyrrole nitrogens is 1. The van der Waals surface area contributed by atoms with Gasteiger partial charge in [0, 0.05) is 19.0 Å². The highest BCUT2D eigenvalue weighted by molar-refractivity contribution is 5.81. The molecular formula is C14H18F5N5O3. The summed E-state index contributed by atoms with van der Waals surface area (Å²) in [5, 5.41) is 18.0. The van der Waals surface area contributed by atoms with Gasteiger partial charge in [-0.2, -0.15) is 18.3 Å². The first kappa shape index (κ1) is 20.8. The average molecular weight is 399 g/mol. The van der Waals surface area contributed by atoms with Gasteiger partial charge in [0.25, 0.3) is 5.92 Å². The predicted octanol–water partition coefficient (Wildman–Crippen LogP) is 2.77. The molecule has 1 saturated heterocycles. The third-order valence-corrected chi connectivity index (χ3v) is 3.77. The molecule has 2 fully saturated rings. The number of rotatable bonds is 3. The van der Waals surface area contributed by atoms with Crippen LogP contribution in [0.1, 0.15) is 32.1 Å². The summed E-state index contributed by atoms with van der Waals surface area (Å²) in [5.74, 6) is -6.02. The quantitative estimate of drug-likeness (QED) is 0.462. The lowest BCUT2D eigenvalue weighted by Crippen LogP contribution is -2.45. The summed E-state index contributed by atoms with van der Waals surface area (Å²) in [6.07, 6.45) is -1.08. The molecular weight excluding hydrogens is 381 g/mol. The first-order valence-corrected chi connectivity index (χ1v) is 8.18. The van der Waals surface area contributed by atoms with Crippen LogP contribution in [0.15, 0.2) is 6.20 Å². The Morgan fingerprint density at radius 1 is 1.37 bits per heavy atom. The Hall–Kier alpha value is -2.47. The van der Waals surface area contributed by atoms with Crippen molar-refractivity contribution in [3.63, 3.8) is 0 Å². The van der Waals surface area contributed by atoms with Gasteiger partial charge in [-0.1, -0.05) is 19.3 Å². The maximum atomic E-state index is 14.0. The van der Waals surface area contributed by atoms with Gasteiger partial charge in [0.2, 0.25) is 5.82 Å². The minimum Gasteiger partial charge on any atom is -0.345 e. The third-order valence-electron chi connectivity index (χ3n) is 3.77. The molecule has 152 valence electrons. The zero-order valence-electron chi connectivity index (χ0n) is 14.1. The van der Waals surface area contributed by atoms with Gasteiger partial charge >= 0.3 is 17.8 Å². The molecule has 3 rings (SSSR count). The molecule has 0 aromatic carbocycles. The monoisotopic (exact) mass is 399 g/mol. The number of nitrogens with zero attached hydrogens (tertiary/aromatic N) is 3. The minimum atomic E-state index is -5.18. The van der Waals surface area contributed by atoms with E-state index < -0.39 is 47.6 Å². The SMILES string of the molecule is C1CC1.O=C(NC1CCN(c2[nH]ncc2[N+](=O)[O-])CC(F)(F)C1)C(F)(F)F. The Bertz CT molecular complexity index is 674. The van der Waals surface area contributed by atoms with Crippen molar-refractivity contribution in [2.24, 2.45) is 0 Å². The Morgan fingerprint density at radius 3 is 2.52 bits per heavy atom. The van der Waals surface area contributed by atoms with Gasteiger partial charge in [-0.25, -0.2) is 8.78 Å². The van der Waals surface area contributed by atoms with E-state index in [1.54, 1.807) is 0 Å². The summed E-state index contributed by atoms with van der Waals surface area (Å²) in [4.78, 5) is 21.9. The van der Waals surface area contributed by atoms with Crippen molar-refractivity contribution in [2.75, 3.05) is 18.0 Å².